The summed E-state index contributed by atoms with van der Waals surface area (Å²) >= 11 is 0. The van der Waals surface area contributed by atoms with E-state index >= 15 is 0 Å². The van der Waals surface area contributed by atoms with Crippen LogP contribution < -0.4 is 14.2 Å². The monoisotopic (exact) mass is 253 g/mol. The first-order valence-electron chi connectivity index (χ1n) is 6.01. The Kier molecular flexibility index (Phi) is 4.28. The number of para-hydroxylation sites is 1. The molecule has 1 aliphatic heterocycles. The van der Waals surface area contributed by atoms with Crippen LogP contribution in [0.15, 0.2) is 18.2 Å². The Hall–Kier alpha value is -1.46. The van der Waals surface area contributed by atoms with Gasteiger partial charge in [-0.05, 0) is 26.2 Å². The van der Waals surface area contributed by atoms with Crippen molar-refractivity contribution in [3.05, 3.63) is 18.2 Å². The van der Waals surface area contributed by atoms with Crippen LogP contribution in [-0.4, -0.2) is 56.6 Å². The Morgan fingerprint density at radius 1 is 1.33 bits per heavy atom. The zero-order chi connectivity index (χ0) is 13.0. The molecule has 0 aromatic heterocycles. The van der Waals surface area contributed by atoms with Crippen molar-refractivity contribution in [2.75, 3.05) is 40.5 Å². The third-order valence-corrected chi connectivity index (χ3v) is 2.54. The standard InChI is InChI=1S/C13H19NO4/c1-14(2)8-10(15)9-18-12-5-3-4-11-13(12)17-7-6-16-11/h3-5,10,15H,6-9H2,1-2H3. The van der Waals surface area contributed by atoms with E-state index in [9.17, 15) is 5.11 Å². The maximum Gasteiger partial charge on any atom is 0.203 e. The maximum atomic E-state index is 9.75. The second-order valence-corrected chi connectivity index (χ2v) is 4.51. The molecule has 5 nitrogen and oxygen atoms in total. The Balaban J connectivity index is 1.97. The molecule has 0 bridgehead atoms. The van der Waals surface area contributed by atoms with Gasteiger partial charge < -0.3 is 24.2 Å². The number of ether oxygens (including phenoxy) is 3. The highest BCUT2D eigenvalue weighted by Gasteiger charge is 2.17. The van der Waals surface area contributed by atoms with E-state index in [0.29, 0.717) is 37.0 Å². The van der Waals surface area contributed by atoms with Gasteiger partial charge in [0.25, 0.3) is 0 Å². The van der Waals surface area contributed by atoms with E-state index in [0.717, 1.165) is 0 Å². The average Bonchev–Trinajstić information content (AvgIpc) is 2.35. The summed E-state index contributed by atoms with van der Waals surface area (Å²) in [5.41, 5.74) is 0. The van der Waals surface area contributed by atoms with Gasteiger partial charge in [0.05, 0.1) is 0 Å². The zero-order valence-corrected chi connectivity index (χ0v) is 10.8. The second kappa shape index (κ2) is 5.93. The minimum absolute atomic E-state index is 0.234. The molecule has 0 fully saturated rings. The van der Waals surface area contributed by atoms with Gasteiger partial charge in [0.1, 0.15) is 25.9 Å². The van der Waals surface area contributed by atoms with E-state index in [2.05, 4.69) is 0 Å². The number of aliphatic hydroxyl groups is 1. The summed E-state index contributed by atoms with van der Waals surface area (Å²) < 4.78 is 16.6. The van der Waals surface area contributed by atoms with Crippen LogP contribution in [0, 0.1) is 0 Å². The summed E-state index contributed by atoms with van der Waals surface area (Å²) in [5.74, 6) is 1.94. The molecule has 2 rings (SSSR count). The van der Waals surface area contributed by atoms with Crippen molar-refractivity contribution >= 4 is 0 Å². The number of nitrogens with zero attached hydrogens (tertiary/aromatic N) is 1. The lowest BCUT2D eigenvalue weighted by atomic mass is 10.2. The third kappa shape index (κ3) is 3.27. The molecule has 1 aromatic rings. The number of aliphatic hydroxyl groups excluding tert-OH is 1. The first-order valence-corrected chi connectivity index (χ1v) is 6.01. The molecule has 5 heteroatoms. The van der Waals surface area contributed by atoms with E-state index in [-0.39, 0.29) is 6.61 Å². The number of fused-ring (bicyclic) bond motifs is 1. The zero-order valence-electron chi connectivity index (χ0n) is 10.8. The van der Waals surface area contributed by atoms with Crippen molar-refractivity contribution in [1.82, 2.24) is 4.90 Å². The van der Waals surface area contributed by atoms with E-state index in [1.807, 2.05) is 37.2 Å². The van der Waals surface area contributed by atoms with Crippen molar-refractivity contribution in [3.8, 4) is 17.2 Å². The topological polar surface area (TPSA) is 51.2 Å². The normalized spacial score (nSPS) is 15.6. The lowest BCUT2D eigenvalue weighted by Gasteiger charge is -2.22. The fourth-order valence-electron chi connectivity index (χ4n) is 1.82. The highest BCUT2D eigenvalue weighted by atomic mass is 16.6. The molecule has 0 aliphatic carbocycles. The molecular weight excluding hydrogens is 234 g/mol. The number of likely N-dealkylation sites (N-methyl/N-ethyl adjacent to an activating group) is 1. The van der Waals surface area contributed by atoms with E-state index in [4.69, 9.17) is 14.2 Å². The smallest absolute Gasteiger partial charge is 0.203 e. The van der Waals surface area contributed by atoms with Crippen LogP contribution in [0.1, 0.15) is 0 Å². The van der Waals surface area contributed by atoms with Crippen molar-refractivity contribution < 1.29 is 19.3 Å². The molecule has 1 aromatic carbocycles. The van der Waals surface area contributed by atoms with Gasteiger partial charge >= 0.3 is 0 Å². The van der Waals surface area contributed by atoms with Gasteiger partial charge in [0.2, 0.25) is 5.75 Å². The third-order valence-electron chi connectivity index (χ3n) is 2.54. The first kappa shape index (κ1) is 13.0. The SMILES string of the molecule is CN(C)CC(O)COc1cccc2c1OCCO2. The first-order chi connectivity index (χ1) is 8.66. The Morgan fingerprint density at radius 3 is 2.89 bits per heavy atom. The number of rotatable bonds is 5. The molecule has 1 heterocycles. The van der Waals surface area contributed by atoms with Crippen LogP contribution >= 0.6 is 0 Å². The molecule has 100 valence electrons. The second-order valence-electron chi connectivity index (χ2n) is 4.51. The van der Waals surface area contributed by atoms with Gasteiger partial charge in [-0.1, -0.05) is 6.07 Å². The minimum Gasteiger partial charge on any atom is -0.487 e. The van der Waals surface area contributed by atoms with Crippen molar-refractivity contribution in [3.63, 3.8) is 0 Å². The highest BCUT2D eigenvalue weighted by Crippen LogP contribution is 2.38. The molecule has 0 saturated heterocycles. The maximum absolute atomic E-state index is 9.75. The van der Waals surface area contributed by atoms with Crippen LogP contribution in [0.3, 0.4) is 0 Å². The van der Waals surface area contributed by atoms with Crippen LogP contribution in [-0.2, 0) is 0 Å². The average molecular weight is 253 g/mol. The van der Waals surface area contributed by atoms with Crippen molar-refractivity contribution in [1.29, 1.82) is 0 Å². The number of hydrogen-bond donors (Lipinski definition) is 1. The fraction of sp³-hybridized carbons (Fsp3) is 0.538. The summed E-state index contributed by atoms with van der Waals surface area (Å²) in [4.78, 5) is 1.91. The van der Waals surface area contributed by atoms with Crippen LogP contribution in [0.4, 0.5) is 0 Å². The number of hydrogen-bond acceptors (Lipinski definition) is 5. The molecule has 1 unspecified atom stereocenters. The van der Waals surface area contributed by atoms with E-state index in [1.54, 1.807) is 0 Å². The van der Waals surface area contributed by atoms with Crippen LogP contribution in [0.5, 0.6) is 17.2 Å². The minimum atomic E-state index is -0.527. The van der Waals surface area contributed by atoms with Crippen molar-refractivity contribution in [2.45, 2.75) is 6.10 Å². The lowest BCUT2D eigenvalue weighted by molar-refractivity contribution is 0.0792. The quantitative estimate of drug-likeness (QED) is 0.839. The van der Waals surface area contributed by atoms with Gasteiger partial charge in [-0.15, -0.1) is 0 Å². The van der Waals surface area contributed by atoms with Gasteiger partial charge in [0, 0.05) is 6.54 Å². The molecule has 0 spiro atoms. The Morgan fingerprint density at radius 2 is 2.11 bits per heavy atom. The van der Waals surface area contributed by atoms with Gasteiger partial charge in [0.15, 0.2) is 11.5 Å². The van der Waals surface area contributed by atoms with Crippen LogP contribution in [0.25, 0.3) is 0 Å². The summed E-state index contributed by atoms with van der Waals surface area (Å²) in [5, 5.41) is 9.75. The summed E-state index contributed by atoms with van der Waals surface area (Å²) in [7, 11) is 3.81. The molecule has 0 amide bonds. The molecular formula is C13H19NO4. The van der Waals surface area contributed by atoms with Crippen molar-refractivity contribution in [2.24, 2.45) is 0 Å². The predicted octanol–water partition coefficient (Wildman–Crippen LogP) is 0.759. The molecule has 1 atom stereocenters. The molecule has 18 heavy (non-hydrogen) atoms. The summed E-state index contributed by atoms with van der Waals surface area (Å²) in [6.45, 7) is 1.87. The molecule has 0 radical (unpaired) electrons. The van der Waals surface area contributed by atoms with Gasteiger partial charge in [-0.2, -0.15) is 0 Å². The Bertz CT molecular complexity index is 395. The lowest BCUT2D eigenvalue weighted by Crippen LogP contribution is -2.30. The number of benzene rings is 1. The predicted molar refractivity (Wildman–Crippen MR) is 67.5 cm³/mol. The van der Waals surface area contributed by atoms with Crippen LogP contribution in [0.2, 0.25) is 0 Å². The Labute approximate surface area is 107 Å². The molecule has 0 saturated carbocycles. The molecule has 1 N–H and O–H groups in total. The summed E-state index contributed by atoms with van der Waals surface area (Å²) in [6, 6.07) is 5.51. The van der Waals surface area contributed by atoms with E-state index in [1.165, 1.54) is 0 Å². The van der Waals surface area contributed by atoms with Gasteiger partial charge in [-0.25, -0.2) is 0 Å². The summed E-state index contributed by atoms with van der Waals surface area (Å²) in [6.07, 6.45) is -0.527. The largest absolute Gasteiger partial charge is 0.487 e. The fourth-order valence-corrected chi connectivity index (χ4v) is 1.82. The van der Waals surface area contributed by atoms with E-state index < -0.39 is 6.10 Å². The van der Waals surface area contributed by atoms with Gasteiger partial charge in [-0.3, -0.25) is 0 Å². The highest BCUT2D eigenvalue weighted by molar-refractivity contribution is 5.51. The molecule has 1 aliphatic rings.